The van der Waals surface area contributed by atoms with Gasteiger partial charge in [-0.05, 0) is 42.4 Å². The van der Waals surface area contributed by atoms with Crippen molar-refractivity contribution in [1.29, 1.82) is 0 Å². The largest absolute Gasteiger partial charge is 0.435 e. The van der Waals surface area contributed by atoms with Crippen LogP contribution in [0.25, 0.3) is 0 Å². The van der Waals surface area contributed by atoms with Crippen LogP contribution in [-0.2, 0) is 0 Å². The van der Waals surface area contributed by atoms with Gasteiger partial charge in [0.2, 0.25) is 0 Å². The second kappa shape index (κ2) is 6.33. The summed E-state index contributed by atoms with van der Waals surface area (Å²) in [5.74, 6) is 1.14. The van der Waals surface area contributed by atoms with Gasteiger partial charge in [0.25, 0.3) is 0 Å². The summed E-state index contributed by atoms with van der Waals surface area (Å²) in [7, 11) is 0. The highest BCUT2D eigenvalue weighted by molar-refractivity contribution is 5.28. The van der Waals surface area contributed by atoms with Gasteiger partial charge in [0.1, 0.15) is 5.75 Å². The smallest absolute Gasteiger partial charge is 0.387 e. The van der Waals surface area contributed by atoms with Crippen molar-refractivity contribution >= 4 is 0 Å². The van der Waals surface area contributed by atoms with Crippen LogP contribution in [0.15, 0.2) is 24.3 Å². The van der Waals surface area contributed by atoms with Crippen LogP contribution >= 0.6 is 0 Å². The topological polar surface area (TPSA) is 29.5 Å². The normalized spacial score (nSPS) is 25.3. The Morgan fingerprint density at radius 1 is 1.11 bits per heavy atom. The molecule has 0 saturated heterocycles. The lowest BCUT2D eigenvalue weighted by Gasteiger charge is -2.30. The van der Waals surface area contributed by atoms with E-state index in [2.05, 4.69) is 11.7 Å². The summed E-state index contributed by atoms with van der Waals surface area (Å²) in [4.78, 5) is 0. The average molecular weight is 270 g/mol. The zero-order chi connectivity index (χ0) is 13.8. The van der Waals surface area contributed by atoms with Crippen molar-refractivity contribution in [3.05, 3.63) is 29.8 Å². The zero-order valence-corrected chi connectivity index (χ0v) is 11.1. The van der Waals surface area contributed by atoms with Gasteiger partial charge >= 0.3 is 6.61 Å². The Balaban J connectivity index is 1.97. The summed E-state index contributed by atoms with van der Waals surface area (Å²) in [5.41, 5.74) is 0.779. The molecule has 1 atom stereocenters. The number of benzene rings is 1. The van der Waals surface area contributed by atoms with Crippen molar-refractivity contribution in [2.75, 3.05) is 0 Å². The molecule has 2 rings (SSSR count). The molecule has 106 valence electrons. The van der Waals surface area contributed by atoms with Crippen molar-refractivity contribution in [3.63, 3.8) is 0 Å². The van der Waals surface area contributed by atoms with E-state index < -0.39 is 12.7 Å². The predicted molar refractivity (Wildman–Crippen MR) is 69.2 cm³/mol. The first kappa shape index (κ1) is 14.3. The van der Waals surface area contributed by atoms with Gasteiger partial charge in [-0.2, -0.15) is 8.78 Å². The Bertz CT molecular complexity index is 384. The van der Waals surface area contributed by atoms with Crippen LogP contribution in [0.3, 0.4) is 0 Å². The van der Waals surface area contributed by atoms with Crippen LogP contribution < -0.4 is 4.74 Å². The Hall–Kier alpha value is -1.16. The highest BCUT2D eigenvalue weighted by Gasteiger charge is 2.25. The lowest BCUT2D eigenvalue weighted by atomic mass is 9.78. The van der Waals surface area contributed by atoms with Gasteiger partial charge in [-0.3, -0.25) is 0 Å². The van der Waals surface area contributed by atoms with E-state index in [0.717, 1.165) is 37.2 Å². The van der Waals surface area contributed by atoms with Gasteiger partial charge in [-0.15, -0.1) is 0 Å². The maximum Gasteiger partial charge on any atom is 0.387 e. The number of rotatable bonds is 4. The van der Waals surface area contributed by atoms with Gasteiger partial charge in [-0.25, -0.2) is 0 Å². The molecule has 1 aromatic rings. The molecule has 2 nitrogen and oxygen atoms in total. The van der Waals surface area contributed by atoms with Gasteiger partial charge in [0, 0.05) is 0 Å². The monoisotopic (exact) mass is 270 g/mol. The van der Waals surface area contributed by atoms with Gasteiger partial charge < -0.3 is 9.84 Å². The lowest BCUT2D eigenvalue weighted by molar-refractivity contribution is -0.0498. The third kappa shape index (κ3) is 3.90. The molecule has 0 amide bonds. The van der Waals surface area contributed by atoms with E-state index in [1.165, 1.54) is 12.1 Å². The number of aliphatic hydroxyl groups excluding tert-OH is 1. The standard InChI is InChI=1S/C15H20F2O2/c1-10-2-4-11(5-3-10)14(18)12-6-8-13(9-7-12)19-15(16)17/h6-11,14-15,18H,2-5H2,1H3. The second-order valence-electron chi connectivity index (χ2n) is 5.41. The van der Waals surface area contributed by atoms with E-state index in [-0.39, 0.29) is 11.7 Å². The van der Waals surface area contributed by atoms with Crippen LogP contribution in [-0.4, -0.2) is 11.7 Å². The molecule has 4 heteroatoms. The number of halogens is 2. The molecule has 0 aromatic heterocycles. The lowest BCUT2D eigenvalue weighted by Crippen LogP contribution is -2.19. The van der Waals surface area contributed by atoms with E-state index in [1.54, 1.807) is 12.1 Å². The van der Waals surface area contributed by atoms with Crippen molar-refractivity contribution in [2.24, 2.45) is 11.8 Å². The van der Waals surface area contributed by atoms with Gasteiger partial charge in [0.05, 0.1) is 6.10 Å². The Labute approximate surface area is 112 Å². The summed E-state index contributed by atoms with van der Waals surface area (Å²) in [6.07, 6.45) is 3.84. The fraction of sp³-hybridized carbons (Fsp3) is 0.600. The fourth-order valence-corrected chi connectivity index (χ4v) is 2.72. The molecule has 1 fully saturated rings. The molecule has 1 aliphatic rings. The third-order valence-corrected chi connectivity index (χ3v) is 3.95. The average Bonchev–Trinajstić information content (AvgIpc) is 2.39. The van der Waals surface area contributed by atoms with Crippen LogP contribution in [0.5, 0.6) is 5.75 Å². The number of aliphatic hydroxyl groups is 1. The first-order chi connectivity index (χ1) is 9.06. The van der Waals surface area contributed by atoms with Crippen molar-refractivity contribution in [1.82, 2.24) is 0 Å². The minimum absolute atomic E-state index is 0.128. The summed E-state index contributed by atoms with van der Waals surface area (Å²) < 4.78 is 28.4. The molecule has 1 saturated carbocycles. The SMILES string of the molecule is CC1CCC(C(O)c2ccc(OC(F)F)cc2)CC1. The molecule has 0 radical (unpaired) electrons. The Morgan fingerprint density at radius 3 is 2.21 bits per heavy atom. The number of alkyl halides is 2. The van der Waals surface area contributed by atoms with Crippen molar-refractivity contribution in [2.45, 2.75) is 45.3 Å². The van der Waals surface area contributed by atoms with Crippen LogP contribution in [0, 0.1) is 11.8 Å². The van der Waals surface area contributed by atoms with Crippen molar-refractivity contribution in [3.8, 4) is 5.75 Å². The van der Waals surface area contributed by atoms with E-state index in [9.17, 15) is 13.9 Å². The highest BCUT2D eigenvalue weighted by Crippen LogP contribution is 2.36. The molecular formula is C15H20F2O2. The predicted octanol–water partition coefficient (Wildman–Crippen LogP) is 4.15. The summed E-state index contributed by atoms with van der Waals surface area (Å²) in [5, 5.41) is 10.3. The molecule has 0 aliphatic heterocycles. The second-order valence-corrected chi connectivity index (χ2v) is 5.41. The molecule has 19 heavy (non-hydrogen) atoms. The minimum Gasteiger partial charge on any atom is -0.435 e. The quantitative estimate of drug-likeness (QED) is 0.890. The van der Waals surface area contributed by atoms with E-state index in [0.29, 0.717) is 0 Å². The molecule has 1 aromatic carbocycles. The van der Waals surface area contributed by atoms with Crippen LogP contribution in [0.1, 0.15) is 44.3 Å². The molecule has 1 N–H and O–H groups in total. The summed E-state index contributed by atoms with van der Waals surface area (Å²) in [6.45, 7) is -0.574. The number of hydrogen-bond donors (Lipinski definition) is 1. The summed E-state index contributed by atoms with van der Waals surface area (Å²) in [6, 6.07) is 6.30. The molecular weight excluding hydrogens is 250 g/mol. The van der Waals surface area contributed by atoms with Crippen molar-refractivity contribution < 1.29 is 18.6 Å². The van der Waals surface area contributed by atoms with E-state index >= 15 is 0 Å². The molecule has 0 bridgehead atoms. The Kier molecular flexibility index (Phi) is 4.75. The first-order valence-corrected chi connectivity index (χ1v) is 6.79. The van der Waals surface area contributed by atoms with E-state index in [4.69, 9.17) is 0 Å². The minimum atomic E-state index is -2.81. The highest BCUT2D eigenvalue weighted by atomic mass is 19.3. The Morgan fingerprint density at radius 2 is 1.68 bits per heavy atom. The number of ether oxygens (including phenoxy) is 1. The molecule has 1 aliphatic carbocycles. The molecule has 0 heterocycles. The molecule has 0 spiro atoms. The first-order valence-electron chi connectivity index (χ1n) is 6.79. The maximum atomic E-state index is 12.0. The zero-order valence-electron chi connectivity index (χ0n) is 11.1. The summed E-state index contributed by atoms with van der Waals surface area (Å²) >= 11 is 0. The fourth-order valence-electron chi connectivity index (χ4n) is 2.72. The number of hydrogen-bond acceptors (Lipinski definition) is 2. The van der Waals surface area contributed by atoms with E-state index in [1.807, 2.05) is 0 Å². The maximum absolute atomic E-state index is 12.0. The van der Waals surface area contributed by atoms with Gasteiger partial charge in [0.15, 0.2) is 0 Å². The third-order valence-electron chi connectivity index (χ3n) is 3.95. The molecule has 1 unspecified atom stereocenters. The van der Waals surface area contributed by atoms with Crippen LogP contribution in [0.4, 0.5) is 8.78 Å². The van der Waals surface area contributed by atoms with Gasteiger partial charge in [-0.1, -0.05) is 31.9 Å². The van der Waals surface area contributed by atoms with Crippen LogP contribution in [0.2, 0.25) is 0 Å².